The summed E-state index contributed by atoms with van der Waals surface area (Å²) >= 11 is 0. The maximum atomic E-state index is 3.45. The minimum atomic E-state index is 0. The van der Waals surface area contributed by atoms with Crippen LogP contribution in [-0.2, 0) is 0 Å². The molecule has 1 aliphatic heterocycles. The molecule has 2 aliphatic rings. The maximum absolute atomic E-state index is 3.45. The lowest BCUT2D eigenvalue weighted by atomic mass is 9.89. The Hall–Kier alpha value is -0.790. The van der Waals surface area contributed by atoms with Gasteiger partial charge in [0.2, 0.25) is 0 Å². The molecule has 0 amide bonds. The van der Waals surface area contributed by atoms with Crippen molar-refractivity contribution >= 4 is 18.5 Å². The fraction of sp³-hybridized carbons (Fsp3) is 0.529. The highest BCUT2D eigenvalue weighted by Crippen LogP contribution is 2.34. The van der Waals surface area contributed by atoms with Crippen LogP contribution in [0.25, 0.3) is 6.08 Å². The van der Waals surface area contributed by atoms with Gasteiger partial charge < -0.3 is 5.32 Å². The van der Waals surface area contributed by atoms with E-state index in [0.717, 1.165) is 5.92 Å². The van der Waals surface area contributed by atoms with Crippen LogP contribution in [0.4, 0.5) is 0 Å². The van der Waals surface area contributed by atoms with E-state index >= 15 is 0 Å². The van der Waals surface area contributed by atoms with Crippen molar-refractivity contribution in [3.63, 3.8) is 0 Å². The number of piperidine rings is 1. The highest BCUT2D eigenvalue weighted by molar-refractivity contribution is 5.85. The summed E-state index contributed by atoms with van der Waals surface area (Å²) in [6.45, 7) is 2.47. The zero-order valence-corrected chi connectivity index (χ0v) is 12.3. The first-order valence-electron chi connectivity index (χ1n) is 7.41. The van der Waals surface area contributed by atoms with Gasteiger partial charge in [-0.25, -0.2) is 0 Å². The Balaban J connectivity index is 0.00000133. The van der Waals surface area contributed by atoms with E-state index < -0.39 is 0 Å². The molecule has 3 rings (SSSR count). The molecular weight excluding hydrogens is 254 g/mol. The molecule has 1 unspecified atom stereocenters. The Morgan fingerprint density at radius 1 is 1.05 bits per heavy atom. The molecule has 19 heavy (non-hydrogen) atoms. The molecule has 1 aromatic rings. The van der Waals surface area contributed by atoms with Crippen molar-refractivity contribution in [2.24, 2.45) is 5.92 Å². The van der Waals surface area contributed by atoms with Gasteiger partial charge in [-0.05, 0) is 49.4 Å². The van der Waals surface area contributed by atoms with Gasteiger partial charge in [0.05, 0.1) is 0 Å². The maximum Gasteiger partial charge on any atom is 0.00272 e. The van der Waals surface area contributed by atoms with Crippen molar-refractivity contribution in [3.05, 3.63) is 41.5 Å². The van der Waals surface area contributed by atoms with Crippen molar-refractivity contribution in [1.29, 1.82) is 0 Å². The van der Waals surface area contributed by atoms with Crippen molar-refractivity contribution in [2.75, 3.05) is 13.1 Å². The van der Waals surface area contributed by atoms with E-state index in [0.29, 0.717) is 5.92 Å². The molecule has 1 nitrogen and oxygen atoms in total. The van der Waals surface area contributed by atoms with Crippen LogP contribution in [0.1, 0.15) is 49.1 Å². The van der Waals surface area contributed by atoms with Crippen LogP contribution in [0.2, 0.25) is 0 Å². The first kappa shape index (κ1) is 14.6. The number of hydrogen-bond acceptors (Lipinski definition) is 1. The largest absolute Gasteiger partial charge is 0.317 e. The molecule has 0 spiro atoms. The van der Waals surface area contributed by atoms with Crippen LogP contribution in [-0.4, -0.2) is 13.1 Å². The minimum Gasteiger partial charge on any atom is -0.317 e. The smallest absolute Gasteiger partial charge is 0.00272 e. The zero-order valence-electron chi connectivity index (χ0n) is 11.5. The molecule has 1 N–H and O–H groups in total. The first-order valence-corrected chi connectivity index (χ1v) is 7.41. The van der Waals surface area contributed by atoms with Crippen molar-refractivity contribution in [1.82, 2.24) is 5.32 Å². The number of rotatable bonds is 4. The van der Waals surface area contributed by atoms with Crippen LogP contribution in [0.5, 0.6) is 0 Å². The van der Waals surface area contributed by atoms with Gasteiger partial charge in [0.25, 0.3) is 0 Å². The van der Waals surface area contributed by atoms with E-state index in [2.05, 4.69) is 41.7 Å². The van der Waals surface area contributed by atoms with Gasteiger partial charge in [0.15, 0.2) is 0 Å². The lowest BCUT2D eigenvalue weighted by Crippen LogP contribution is -2.27. The molecule has 1 fully saturated rings. The Morgan fingerprint density at radius 2 is 1.84 bits per heavy atom. The summed E-state index contributed by atoms with van der Waals surface area (Å²) < 4.78 is 0. The molecule has 1 heterocycles. The second kappa shape index (κ2) is 7.12. The third-order valence-electron chi connectivity index (χ3n) is 4.49. The van der Waals surface area contributed by atoms with E-state index in [-0.39, 0.29) is 12.4 Å². The van der Waals surface area contributed by atoms with E-state index in [1.54, 1.807) is 5.56 Å². The van der Waals surface area contributed by atoms with Gasteiger partial charge in [-0.1, -0.05) is 49.3 Å². The normalized spacial score (nSPS) is 22.0. The van der Waals surface area contributed by atoms with Crippen LogP contribution in [0.15, 0.2) is 30.3 Å². The highest BCUT2D eigenvalue weighted by atomic mass is 35.5. The minimum absolute atomic E-state index is 0. The summed E-state index contributed by atoms with van der Waals surface area (Å²) in [6.07, 6.45) is 11.6. The average Bonchev–Trinajstić information content (AvgIpc) is 2.84. The predicted octanol–water partition coefficient (Wildman–Crippen LogP) is 4.39. The second-order valence-electron chi connectivity index (χ2n) is 5.72. The number of fused-ring (bicyclic) bond motifs is 1. The molecule has 1 saturated heterocycles. The summed E-state index contributed by atoms with van der Waals surface area (Å²) in [5.41, 5.74) is 2.98. The van der Waals surface area contributed by atoms with Gasteiger partial charge in [0, 0.05) is 5.92 Å². The molecule has 1 aromatic carbocycles. The Labute approximate surface area is 122 Å². The van der Waals surface area contributed by atoms with Crippen molar-refractivity contribution in [3.8, 4) is 0 Å². The van der Waals surface area contributed by atoms with Gasteiger partial charge >= 0.3 is 0 Å². The van der Waals surface area contributed by atoms with Crippen molar-refractivity contribution < 1.29 is 0 Å². The standard InChI is InChI=1S/C17H23N.ClH/c1-2-7-17-15(5-1)8-9-16(17)6-3-4-14-10-12-18-13-11-14;/h1-2,5,7-9,14,16,18H,3-4,6,10-13H2;1H. The quantitative estimate of drug-likeness (QED) is 0.861. The molecule has 104 valence electrons. The van der Waals surface area contributed by atoms with E-state index in [1.165, 1.54) is 50.8 Å². The number of hydrogen-bond donors (Lipinski definition) is 1. The molecule has 0 bridgehead atoms. The number of halogens is 1. The summed E-state index contributed by atoms with van der Waals surface area (Å²) in [5, 5.41) is 3.45. The Morgan fingerprint density at radius 3 is 2.68 bits per heavy atom. The lowest BCUT2D eigenvalue weighted by molar-refractivity contribution is 0.342. The fourth-order valence-electron chi connectivity index (χ4n) is 3.37. The van der Waals surface area contributed by atoms with Gasteiger partial charge in [0.1, 0.15) is 0 Å². The number of benzene rings is 1. The van der Waals surface area contributed by atoms with Crippen LogP contribution in [0, 0.1) is 5.92 Å². The van der Waals surface area contributed by atoms with Crippen LogP contribution >= 0.6 is 12.4 Å². The monoisotopic (exact) mass is 277 g/mol. The molecule has 0 radical (unpaired) electrons. The molecule has 0 saturated carbocycles. The summed E-state index contributed by atoms with van der Waals surface area (Å²) in [7, 11) is 0. The second-order valence-corrected chi connectivity index (χ2v) is 5.72. The highest BCUT2D eigenvalue weighted by Gasteiger charge is 2.17. The molecule has 2 heteroatoms. The van der Waals surface area contributed by atoms with Crippen molar-refractivity contribution in [2.45, 2.75) is 38.0 Å². The summed E-state index contributed by atoms with van der Waals surface area (Å²) in [4.78, 5) is 0. The topological polar surface area (TPSA) is 12.0 Å². The lowest BCUT2D eigenvalue weighted by Gasteiger charge is -2.23. The Bertz CT molecular complexity index is 421. The van der Waals surface area contributed by atoms with E-state index in [9.17, 15) is 0 Å². The van der Waals surface area contributed by atoms with Crippen LogP contribution < -0.4 is 5.32 Å². The number of allylic oxidation sites excluding steroid dienone is 1. The fourth-order valence-corrected chi connectivity index (χ4v) is 3.37. The van der Waals surface area contributed by atoms with Gasteiger partial charge in [-0.2, -0.15) is 0 Å². The third kappa shape index (κ3) is 3.61. The SMILES string of the molecule is C1=CC(CCCC2CCNCC2)c2ccccc21.Cl. The third-order valence-corrected chi connectivity index (χ3v) is 4.49. The molecular formula is C17H24ClN. The van der Waals surface area contributed by atoms with Gasteiger partial charge in [-0.3, -0.25) is 0 Å². The zero-order chi connectivity index (χ0) is 12.2. The molecule has 0 aromatic heterocycles. The summed E-state index contributed by atoms with van der Waals surface area (Å²) in [5.74, 6) is 1.66. The Kier molecular flexibility index (Phi) is 5.47. The molecule has 1 aliphatic carbocycles. The van der Waals surface area contributed by atoms with E-state index in [4.69, 9.17) is 0 Å². The van der Waals surface area contributed by atoms with Gasteiger partial charge in [-0.15, -0.1) is 12.4 Å². The van der Waals surface area contributed by atoms with Crippen LogP contribution in [0.3, 0.4) is 0 Å². The predicted molar refractivity (Wildman–Crippen MR) is 84.9 cm³/mol. The first-order chi connectivity index (χ1) is 8.93. The number of nitrogens with one attached hydrogen (secondary N) is 1. The average molecular weight is 278 g/mol. The summed E-state index contributed by atoms with van der Waals surface area (Å²) in [6, 6.07) is 8.84. The van der Waals surface area contributed by atoms with E-state index in [1.807, 2.05) is 0 Å². The molecule has 1 atom stereocenters.